The molecule has 0 bridgehead atoms. The van der Waals surface area contributed by atoms with Crippen LogP contribution in [0.25, 0.3) is 11.3 Å². The molecular formula is C22H25F2N3O6. The van der Waals surface area contributed by atoms with Gasteiger partial charge in [-0.05, 0) is 39.3 Å². The Morgan fingerprint density at radius 3 is 2.58 bits per heavy atom. The van der Waals surface area contributed by atoms with Crippen LogP contribution in [-0.4, -0.2) is 59.9 Å². The van der Waals surface area contributed by atoms with Crippen LogP contribution in [0.4, 0.5) is 13.6 Å². The average Bonchev–Trinajstić information content (AvgIpc) is 3.22. The van der Waals surface area contributed by atoms with Crippen molar-refractivity contribution in [1.82, 2.24) is 15.4 Å². The van der Waals surface area contributed by atoms with Gasteiger partial charge in [-0.25, -0.2) is 13.6 Å². The Balaban J connectivity index is 1.71. The number of ether oxygens (including phenoxy) is 2. The molecule has 1 fully saturated rings. The zero-order valence-corrected chi connectivity index (χ0v) is 18.7. The fraction of sp³-hybridized carbons (Fsp3) is 0.455. The van der Waals surface area contributed by atoms with Gasteiger partial charge in [-0.15, -0.1) is 0 Å². The number of likely N-dealkylation sites (tertiary alicyclic amines) is 1. The molecule has 1 aliphatic rings. The molecule has 0 unspecified atom stereocenters. The summed E-state index contributed by atoms with van der Waals surface area (Å²) in [7, 11) is 1.22. The maximum Gasteiger partial charge on any atom is 0.410 e. The van der Waals surface area contributed by atoms with E-state index >= 15 is 0 Å². The maximum atomic E-state index is 14.0. The second kappa shape index (κ2) is 9.55. The molecule has 2 atom stereocenters. The third kappa shape index (κ3) is 5.85. The van der Waals surface area contributed by atoms with E-state index in [-0.39, 0.29) is 36.5 Å². The fourth-order valence-corrected chi connectivity index (χ4v) is 3.45. The highest BCUT2D eigenvalue weighted by Gasteiger charge is 2.39. The van der Waals surface area contributed by atoms with E-state index < -0.39 is 47.2 Å². The van der Waals surface area contributed by atoms with Crippen LogP contribution in [0.1, 0.15) is 37.7 Å². The highest BCUT2D eigenvalue weighted by atomic mass is 19.1. The second-order valence-electron chi connectivity index (χ2n) is 8.63. The standard InChI is InChI=1S/C22H25F2N3O6/c1-22(2,3)32-21(30)27-8-7-16(14(11-27)20(29)31-4)25-19(28)17-10-18(33-26-17)13-6-5-12(23)9-15(13)24/h5-6,9-10,14,16H,7-8,11H2,1-4H3,(H,25,28)/t14-,16+/m0/s1. The number of piperidine rings is 1. The first-order valence-corrected chi connectivity index (χ1v) is 10.3. The van der Waals surface area contributed by atoms with E-state index in [4.69, 9.17) is 14.0 Å². The first-order chi connectivity index (χ1) is 15.5. The van der Waals surface area contributed by atoms with E-state index in [2.05, 4.69) is 10.5 Å². The van der Waals surface area contributed by atoms with Gasteiger partial charge >= 0.3 is 12.1 Å². The van der Waals surface area contributed by atoms with Gasteiger partial charge in [0, 0.05) is 31.3 Å². The Morgan fingerprint density at radius 2 is 1.94 bits per heavy atom. The predicted octanol–water partition coefficient (Wildman–Crippen LogP) is 3.15. The Morgan fingerprint density at radius 1 is 1.21 bits per heavy atom. The minimum absolute atomic E-state index is 0.00259. The van der Waals surface area contributed by atoms with Crippen LogP contribution < -0.4 is 5.32 Å². The number of esters is 1. The summed E-state index contributed by atoms with van der Waals surface area (Å²) in [5.74, 6) is -3.75. The lowest BCUT2D eigenvalue weighted by atomic mass is 9.92. The molecule has 2 aromatic rings. The Kier molecular flexibility index (Phi) is 6.99. The molecule has 0 spiro atoms. The first kappa shape index (κ1) is 24.1. The van der Waals surface area contributed by atoms with Crippen molar-refractivity contribution in [1.29, 1.82) is 0 Å². The lowest BCUT2D eigenvalue weighted by Gasteiger charge is -2.37. The van der Waals surface area contributed by atoms with Crippen LogP contribution in [0.2, 0.25) is 0 Å². The smallest absolute Gasteiger partial charge is 0.410 e. The lowest BCUT2D eigenvalue weighted by molar-refractivity contribution is -0.148. The summed E-state index contributed by atoms with van der Waals surface area (Å²) in [6.07, 6.45) is -0.300. The monoisotopic (exact) mass is 465 g/mol. The molecule has 1 aromatic carbocycles. The number of hydrogen-bond acceptors (Lipinski definition) is 7. The van der Waals surface area contributed by atoms with Gasteiger partial charge in [0.1, 0.15) is 17.2 Å². The Hall–Kier alpha value is -3.50. The van der Waals surface area contributed by atoms with Gasteiger partial charge in [-0.1, -0.05) is 5.16 Å². The van der Waals surface area contributed by atoms with Crippen molar-refractivity contribution in [2.75, 3.05) is 20.2 Å². The average molecular weight is 465 g/mol. The van der Waals surface area contributed by atoms with Crippen molar-refractivity contribution in [3.05, 3.63) is 41.6 Å². The molecule has 2 amide bonds. The van der Waals surface area contributed by atoms with E-state index in [9.17, 15) is 23.2 Å². The number of nitrogens with one attached hydrogen (secondary N) is 1. The first-order valence-electron chi connectivity index (χ1n) is 10.3. The fourth-order valence-electron chi connectivity index (χ4n) is 3.45. The molecule has 0 aliphatic carbocycles. The largest absolute Gasteiger partial charge is 0.469 e. The molecule has 178 valence electrons. The zero-order chi connectivity index (χ0) is 24.3. The zero-order valence-electron chi connectivity index (χ0n) is 18.7. The van der Waals surface area contributed by atoms with Gasteiger partial charge in [0.05, 0.1) is 18.6 Å². The van der Waals surface area contributed by atoms with Crippen molar-refractivity contribution in [3.63, 3.8) is 0 Å². The number of methoxy groups -OCH3 is 1. The van der Waals surface area contributed by atoms with Crippen molar-refractivity contribution in [3.8, 4) is 11.3 Å². The number of aromatic nitrogens is 1. The van der Waals surface area contributed by atoms with E-state index in [1.165, 1.54) is 24.1 Å². The number of carbonyl (C=O) groups excluding carboxylic acids is 3. The lowest BCUT2D eigenvalue weighted by Crippen LogP contribution is -2.55. The summed E-state index contributed by atoms with van der Waals surface area (Å²) in [4.78, 5) is 38.8. The second-order valence-corrected chi connectivity index (χ2v) is 8.63. The van der Waals surface area contributed by atoms with Crippen LogP contribution in [0, 0.1) is 17.6 Å². The predicted molar refractivity (Wildman–Crippen MR) is 111 cm³/mol. The molecule has 1 aromatic heterocycles. The van der Waals surface area contributed by atoms with Gasteiger partial charge in [0.2, 0.25) is 0 Å². The van der Waals surface area contributed by atoms with E-state index in [1.54, 1.807) is 20.8 Å². The van der Waals surface area contributed by atoms with E-state index in [0.717, 1.165) is 6.07 Å². The minimum Gasteiger partial charge on any atom is -0.469 e. The van der Waals surface area contributed by atoms with E-state index in [0.29, 0.717) is 6.07 Å². The molecule has 2 heterocycles. The summed E-state index contributed by atoms with van der Waals surface area (Å²) in [5.41, 5.74) is -0.898. The van der Waals surface area contributed by atoms with Crippen LogP contribution in [0.3, 0.4) is 0 Å². The van der Waals surface area contributed by atoms with Crippen LogP contribution in [0.15, 0.2) is 28.8 Å². The number of carbonyl (C=O) groups is 3. The van der Waals surface area contributed by atoms with Crippen molar-refractivity contribution in [2.24, 2.45) is 5.92 Å². The molecular weight excluding hydrogens is 440 g/mol. The van der Waals surface area contributed by atoms with Gasteiger partial charge in [0.25, 0.3) is 5.91 Å². The number of benzene rings is 1. The van der Waals surface area contributed by atoms with Crippen LogP contribution >= 0.6 is 0 Å². The number of hydrogen-bond donors (Lipinski definition) is 1. The summed E-state index contributed by atoms with van der Waals surface area (Å²) < 4.78 is 42.3. The molecule has 1 N–H and O–H groups in total. The molecule has 1 saturated heterocycles. The summed E-state index contributed by atoms with van der Waals surface area (Å²) in [6, 6.07) is 3.49. The van der Waals surface area contributed by atoms with Crippen molar-refractivity contribution < 1.29 is 37.2 Å². The molecule has 11 heteroatoms. The molecule has 3 rings (SSSR count). The summed E-state index contributed by atoms with van der Waals surface area (Å²) in [5, 5.41) is 6.35. The number of rotatable bonds is 4. The SMILES string of the molecule is COC(=O)[C@H]1CN(C(=O)OC(C)(C)C)CC[C@H]1NC(=O)c1cc(-c2ccc(F)cc2F)on1. The normalized spacial score (nSPS) is 18.5. The highest BCUT2D eigenvalue weighted by Crippen LogP contribution is 2.25. The minimum atomic E-state index is -0.863. The third-order valence-electron chi connectivity index (χ3n) is 5.02. The molecule has 33 heavy (non-hydrogen) atoms. The number of nitrogens with zero attached hydrogens (tertiary/aromatic N) is 2. The Labute approximate surface area is 189 Å². The summed E-state index contributed by atoms with van der Waals surface area (Å²) >= 11 is 0. The third-order valence-corrected chi connectivity index (χ3v) is 5.02. The number of amides is 2. The quantitative estimate of drug-likeness (QED) is 0.691. The van der Waals surface area contributed by atoms with Gasteiger partial charge in [-0.3, -0.25) is 9.59 Å². The van der Waals surface area contributed by atoms with Crippen molar-refractivity contribution >= 4 is 18.0 Å². The van der Waals surface area contributed by atoms with Gasteiger partial charge in [-0.2, -0.15) is 0 Å². The molecule has 0 saturated carbocycles. The summed E-state index contributed by atoms with van der Waals surface area (Å²) in [6.45, 7) is 5.45. The topological polar surface area (TPSA) is 111 Å². The number of halogens is 2. The van der Waals surface area contributed by atoms with Crippen molar-refractivity contribution in [2.45, 2.75) is 38.8 Å². The molecule has 9 nitrogen and oxygen atoms in total. The Bertz CT molecular complexity index is 1050. The van der Waals surface area contributed by atoms with E-state index in [1.807, 2.05) is 0 Å². The van der Waals surface area contributed by atoms with Gasteiger partial charge < -0.3 is 24.2 Å². The van der Waals surface area contributed by atoms with Crippen LogP contribution in [-0.2, 0) is 14.3 Å². The maximum absolute atomic E-state index is 14.0. The highest BCUT2D eigenvalue weighted by molar-refractivity contribution is 5.93. The molecule has 1 aliphatic heterocycles. The van der Waals surface area contributed by atoms with Gasteiger partial charge in [0.15, 0.2) is 11.5 Å². The molecule has 0 radical (unpaired) electrons. The van der Waals surface area contributed by atoms with Crippen LogP contribution in [0.5, 0.6) is 0 Å².